The Morgan fingerprint density at radius 3 is 2.75 bits per heavy atom. The van der Waals surface area contributed by atoms with Gasteiger partial charge in [0.15, 0.2) is 0 Å². The fraction of sp³-hybridized carbons (Fsp3) is 0.357. The first-order valence-electron chi connectivity index (χ1n) is 6.32. The molecule has 1 unspecified atom stereocenters. The maximum Gasteiger partial charge on any atom is 0.245 e. The van der Waals surface area contributed by atoms with Crippen LogP contribution in [0.1, 0.15) is 12.5 Å². The van der Waals surface area contributed by atoms with Gasteiger partial charge < -0.3 is 5.11 Å². The molecule has 0 fully saturated rings. The van der Waals surface area contributed by atoms with Crippen LogP contribution in [0.25, 0.3) is 10.9 Å². The SMILES string of the molecule is Cc1cnc2c(S(=O)(=O)N(C)C(C)CO)cccc2c1. The second-order valence-electron chi connectivity index (χ2n) is 4.89. The lowest BCUT2D eigenvalue weighted by Crippen LogP contribution is -2.37. The first-order valence-corrected chi connectivity index (χ1v) is 7.76. The molecule has 0 aliphatic heterocycles. The van der Waals surface area contributed by atoms with Crippen LogP contribution in [-0.2, 0) is 10.0 Å². The number of aromatic nitrogens is 1. The highest BCUT2D eigenvalue weighted by molar-refractivity contribution is 7.89. The van der Waals surface area contributed by atoms with E-state index in [9.17, 15) is 8.42 Å². The van der Waals surface area contributed by atoms with Crippen LogP contribution in [0.2, 0.25) is 0 Å². The third kappa shape index (κ3) is 2.54. The van der Waals surface area contributed by atoms with Crippen LogP contribution in [0, 0.1) is 6.92 Å². The van der Waals surface area contributed by atoms with Gasteiger partial charge in [0.25, 0.3) is 0 Å². The van der Waals surface area contributed by atoms with Crippen LogP contribution in [0.3, 0.4) is 0 Å². The number of rotatable bonds is 4. The van der Waals surface area contributed by atoms with Gasteiger partial charge in [-0.2, -0.15) is 4.31 Å². The molecule has 0 aliphatic carbocycles. The first-order chi connectivity index (χ1) is 9.37. The summed E-state index contributed by atoms with van der Waals surface area (Å²) in [5, 5.41) is 9.93. The zero-order valence-electron chi connectivity index (χ0n) is 11.7. The topological polar surface area (TPSA) is 70.5 Å². The lowest BCUT2D eigenvalue weighted by Gasteiger charge is -2.23. The van der Waals surface area contributed by atoms with E-state index in [-0.39, 0.29) is 11.5 Å². The molecule has 6 heteroatoms. The van der Waals surface area contributed by atoms with Crippen molar-refractivity contribution in [3.8, 4) is 0 Å². The summed E-state index contributed by atoms with van der Waals surface area (Å²) < 4.78 is 26.4. The molecule has 2 rings (SSSR count). The standard InChI is InChI=1S/C14H18N2O3S/c1-10-7-12-5-4-6-13(14(12)15-8-10)20(18,19)16(3)11(2)9-17/h4-8,11,17H,9H2,1-3H3. The van der Waals surface area contributed by atoms with Crippen molar-refractivity contribution in [3.63, 3.8) is 0 Å². The quantitative estimate of drug-likeness (QED) is 0.928. The summed E-state index contributed by atoms with van der Waals surface area (Å²) in [7, 11) is -2.22. The van der Waals surface area contributed by atoms with E-state index in [1.165, 1.54) is 11.4 Å². The maximum absolute atomic E-state index is 12.6. The summed E-state index contributed by atoms with van der Waals surface area (Å²) in [5.74, 6) is 0. The Labute approximate surface area is 118 Å². The zero-order valence-corrected chi connectivity index (χ0v) is 12.6. The molecule has 1 N–H and O–H groups in total. The summed E-state index contributed by atoms with van der Waals surface area (Å²) >= 11 is 0. The normalized spacial score (nSPS) is 13.8. The molecular formula is C14H18N2O3S. The van der Waals surface area contributed by atoms with Crippen LogP contribution in [0.4, 0.5) is 0 Å². The van der Waals surface area contributed by atoms with Crippen LogP contribution in [-0.4, -0.2) is 42.5 Å². The van der Waals surface area contributed by atoms with Gasteiger partial charge in [-0.3, -0.25) is 4.98 Å². The fourth-order valence-electron chi connectivity index (χ4n) is 1.96. The number of hydrogen-bond acceptors (Lipinski definition) is 4. The van der Waals surface area contributed by atoms with Crippen molar-refractivity contribution in [2.45, 2.75) is 24.8 Å². The number of aliphatic hydroxyl groups is 1. The van der Waals surface area contributed by atoms with Gasteiger partial charge in [0.2, 0.25) is 10.0 Å². The molecule has 0 spiro atoms. The monoisotopic (exact) mass is 294 g/mol. The number of likely N-dealkylation sites (N-methyl/N-ethyl adjacent to an activating group) is 1. The van der Waals surface area contributed by atoms with Gasteiger partial charge in [-0.15, -0.1) is 0 Å². The molecule has 1 aromatic heterocycles. The number of para-hydroxylation sites is 1. The number of benzene rings is 1. The van der Waals surface area contributed by atoms with E-state index in [1.54, 1.807) is 25.3 Å². The lowest BCUT2D eigenvalue weighted by molar-refractivity contribution is 0.214. The van der Waals surface area contributed by atoms with E-state index in [1.807, 2.05) is 19.1 Å². The van der Waals surface area contributed by atoms with Gasteiger partial charge in [-0.1, -0.05) is 12.1 Å². The minimum absolute atomic E-state index is 0.165. The first kappa shape index (κ1) is 14.9. The number of aryl methyl sites for hydroxylation is 1. The van der Waals surface area contributed by atoms with Crippen LogP contribution >= 0.6 is 0 Å². The summed E-state index contributed by atoms with van der Waals surface area (Å²) in [6.45, 7) is 3.33. The van der Waals surface area contributed by atoms with Gasteiger partial charge >= 0.3 is 0 Å². The molecule has 5 nitrogen and oxygen atoms in total. The zero-order chi connectivity index (χ0) is 14.9. The molecule has 0 saturated heterocycles. The third-order valence-corrected chi connectivity index (χ3v) is 5.36. The molecule has 108 valence electrons. The highest BCUT2D eigenvalue weighted by Gasteiger charge is 2.27. The van der Waals surface area contributed by atoms with Gasteiger partial charge in [0.05, 0.1) is 12.1 Å². The number of fused-ring (bicyclic) bond motifs is 1. The van der Waals surface area contributed by atoms with Crippen molar-refractivity contribution >= 4 is 20.9 Å². The minimum Gasteiger partial charge on any atom is -0.395 e. The lowest BCUT2D eigenvalue weighted by atomic mass is 10.2. The van der Waals surface area contributed by atoms with Gasteiger partial charge in [-0.05, 0) is 31.5 Å². The molecule has 0 bridgehead atoms. The Hall–Kier alpha value is -1.50. The number of nitrogens with zero attached hydrogens (tertiary/aromatic N) is 2. The van der Waals surface area contributed by atoms with Crippen molar-refractivity contribution in [2.24, 2.45) is 0 Å². The molecule has 2 aromatic rings. The van der Waals surface area contributed by atoms with Gasteiger partial charge in [0, 0.05) is 24.7 Å². The van der Waals surface area contributed by atoms with Crippen molar-refractivity contribution in [3.05, 3.63) is 36.0 Å². The maximum atomic E-state index is 12.6. The number of aliphatic hydroxyl groups excluding tert-OH is 1. The average molecular weight is 294 g/mol. The molecule has 0 radical (unpaired) electrons. The molecule has 1 heterocycles. The molecule has 20 heavy (non-hydrogen) atoms. The Bertz CT molecular complexity index is 728. The summed E-state index contributed by atoms with van der Waals surface area (Å²) in [4.78, 5) is 4.41. The van der Waals surface area contributed by atoms with E-state index in [0.29, 0.717) is 5.52 Å². The Morgan fingerprint density at radius 2 is 2.10 bits per heavy atom. The predicted octanol–water partition coefficient (Wildman–Crippen LogP) is 1.54. The molecular weight excluding hydrogens is 276 g/mol. The van der Waals surface area contributed by atoms with Crippen molar-refractivity contribution < 1.29 is 13.5 Å². The molecule has 0 saturated carbocycles. The molecule has 0 amide bonds. The van der Waals surface area contributed by atoms with Crippen LogP contribution in [0.15, 0.2) is 35.4 Å². The van der Waals surface area contributed by atoms with Crippen molar-refractivity contribution in [1.29, 1.82) is 0 Å². The van der Waals surface area contributed by atoms with Crippen LogP contribution in [0.5, 0.6) is 0 Å². The molecule has 0 aliphatic rings. The number of pyridine rings is 1. The van der Waals surface area contributed by atoms with Crippen molar-refractivity contribution in [1.82, 2.24) is 9.29 Å². The van der Waals surface area contributed by atoms with E-state index < -0.39 is 16.1 Å². The predicted molar refractivity (Wildman–Crippen MR) is 78.0 cm³/mol. The second-order valence-corrected chi connectivity index (χ2v) is 6.86. The minimum atomic E-state index is -3.68. The summed E-state index contributed by atoms with van der Waals surface area (Å²) in [5.41, 5.74) is 1.43. The third-order valence-electron chi connectivity index (χ3n) is 3.35. The van der Waals surface area contributed by atoms with Gasteiger partial charge in [-0.25, -0.2) is 8.42 Å². The molecule has 1 aromatic carbocycles. The van der Waals surface area contributed by atoms with Crippen molar-refractivity contribution in [2.75, 3.05) is 13.7 Å². The fourth-order valence-corrected chi connectivity index (χ4v) is 3.47. The molecule has 1 atom stereocenters. The number of hydrogen-bond donors (Lipinski definition) is 1. The number of sulfonamides is 1. The van der Waals surface area contributed by atoms with E-state index in [4.69, 9.17) is 5.11 Å². The van der Waals surface area contributed by atoms with E-state index in [0.717, 1.165) is 10.9 Å². The summed E-state index contributed by atoms with van der Waals surface area (Å²) in [6, 6.07) is 6.50. The van der Waals surface area contributed by atoms with Gasteiger partial charge in [0.1, 0.15) is 4.90 Å². The highest BCUT2D eigenvalue weighted by Crippen LogP contribution is 2.25. The van der Waals surface area contributed by atoms with Crippen LogP contribution < -0.4 is 0 Å². The second kappa shape index (κ2) is 5.47. The largest absolute Gasteiger partial charge is 0.395 e. The average Bonchev–Trinajstić information content (AvgIpc) is 2.44. The Morgan fingerprint density at radius 1 is 1.40 bits per heavy atom. The Kier molecular flexibility index (Phi) is 4.08. The Balaban J connectivity index is 2.63. The van der Waals surface area contributed by atoms with E-state index >= 15 is 0 Å². The van der Waals surface area contributed by atoms with E-state index in [2.05, 4.69) is 4.98 Å². The highest BCUT2D eigenvalue weighted by atomic mass is 32.2. The smallest absolute Gasteiger partial charge is 0.245 e. The summed E-state index contributed by atoms with van der Waals surface area (Å²) in [6.07, 6.45) is 1.65.